The Hall–Kier alpha value is -6.43. The highest BCUT2D eigenvalue weighted by molar-refractivity contribution is 7.21. The molecule has 0 fully saturated rings. The van der Waals surface area contributed by atoms with Crippen LogP contribution in [0.15, 0.2) is 181 Å². The number of para-hydroxylation sites is 2. The summed E-state index contributed by atoms with van der Waals surface area (Å²) in [5.41, 5.74) is -4.80. The summed E-state index contributed by atoms with van der Waals surface area (Å²) >= 11 is 0. The first-order valence-corrected chi connectivity index (χ1v) is 16.5. The van der Waals surface area contributed by atoms with Gasteiger partial charge in [-0.3, -0.25) is 0 Å². The normalized spacial score (nSPS) is 21.4. The largest absolute Gasteiger partial charge is 0.309 e. The van der Waals surface area contributed by atoms with Crippen LogP contribution in [0, 0.1) is 0 Å². The van der Waals surface area contributed by atoms with Gasteiger partial charge in [0.15, 0.2) is 25.5 Å². The molecular weight excluding hydrogens is 625 g/mol. The second-order valence-corrected chi connectivity index (χ2v) is 14.1. The van der Waals surface area contributed by atoms with E-state index in [0.29, 0.717) is 0 Å². The summed E-state index contributed by atoms with van der Waals surface area (Å²) in [5.74, 6) is -2.82. The van der Waals surface area contributed by atoms with Crippen molar-refractivity contribution in [1.29, 1.82) is 0 Å². The minimum atomic E-state index is -6.13. The van der Waals surface area contributed by atoms with Gasteiger partial charge in [-0.1, -0.05) is 169 Å². The van der Waals surface area contributed by atoms with E-state index in [1.54, 1.807) is 0 Å². The molecular formula is C45H30N4Si. The number of hydrogen-bond acceptors (Lipinski definition) is 3. The van der Waals surface area contributed by atoms with Gasteiger partial charge in [-0.15, -0.1) is 0 Å². The molecule has 50 heavy (non-hydrogen) atoms. The maximum atomic E-state index is 10.4. The minimum Gasteiger partial charge on any atom is -0.309 e. The van der Waals surface area contributed by atoms with Crippen molar-refractivity contribution in [3.8, 4) is 39.9 Å². The third-order valence-electron chi connectivity index (χ3n) is 8.04. The average molecular weight is 685 g/mol. The smallest absolute Gasteiger partial charge is 0.184 e. The number of nitrogens with zero attached hydrogens (tertiary/aromatic N) is 4. The Morgan fingerprint density at radius 1 is 0.420 bits per heavy atom. The van der Waals surface area contributed by atoms with Crippen molar-refractivity contribution >= 4 is 50.6 Å². The van der Waals surface area contributed by atoms with E-state index in [1.165, 1.54) is 0 Å². The Balaban J connectivity index is 1.58. The van der Waals surface area contributed by atoms with Crippen molar-refractivity contribution in [1.82, 2.24) is 19.5 Å². The second kappa shape index (κ2) is 11.3. The Morgan fingerprint density at radius 3 is 1.52 bits per heavy atom. The fraction of sp³-hybridized carbons (Fsp3) is 0. The molecule has 0 saturated heterocycles. The van der Waals surface area contributed by atoms with E-state index < -0.39 is 272 Å². The maximum absolute atomic E-state index is 10.4. The molecule has 0 amide bonds. The molecule has 234 valence electrons. The van der Waals surface area contributed by atoms with Crippen LogP contribution < -0.4 is 20.7 Å². The van der Waals surface area contributed by atoms with Crippen LogP contribution >= 0.6 is 0 Å². The van der Waals surface area contributed by atoms with Crippen molar-refractivity contribution in [3.63, 3.8) is 0 Å². The van der Waals surface area contributed by atoms with Crippen molar-refractivity contribution in [3.05, 3.63) is 181 Å². The van der Waals surface area contributed by atoms with Crippen molar-refractivity contribution in [2.75, 3.05) is 0 Å². The average Bonchev–Trinajstić information content (AvgIpc) is 2.90. The molecule has 0 aliphatic carbocycles. The molecule has 0 spiro atoms. The van der Waals surface area contributed by atoms with Crippen LogP contribution in [0.3, 0.4) is 0 Å². The molecule has 1 aliphatic heterocycles. The third kappa shape index (κ3) is 4.20. The fourth-order valence-electron chi connectivity index (χ4n) is 6.07. The first-order chi connectivity index (χ1) is 37.3. The summed E-state index contributed by atoms with van der Waals surface area (Å²) in [7, 11) is -6.13. The monoisotopic (exact) mass is 684 g/mol. The number of rotatable bonds is 5. The molecule has 0 N–H and O–H groups in total. The molecule has 0 atom stereocenters. The molecule has 4 nitrogen and oxygen atoms in total. The van der Waals surface area contributed by atoms with Crippen LogP contribution in [-0.2, 0) is 0 Å². The van der Waals surface area contributed by atoms with Crippen molar-refractivity contribution in [2.45, 2.75) is 0 Å². The summed E-state index contributed by atoms with van der Waals surface area (Å²) < 4.78 is 273. The highest BCUT2D eigenvalue weighted by atomic mass is 28.3. The molecule has 5 heteroatoms. The molecule has 3 heterocycles. The quantitative estimate of drug-likeness (QED) is 0.175. The van der Waals surface area contributed by atoms with Gasteiger partial charge in [-0.25, -0.2) is 15.0 Å². The van der Waals surface area contributed by atoms with Gasteiger partial charge in [0.2, 0.25) is 0 Å². The van der Waals surface area contributed by atoms with E-state index in [-0.39, 0.29) is 0 Å². The van der Waals surface area contributed by atoms with Gasteiger partial charge in [0.1, 0.15) is 0 Å². The lowest BCUT2D eigenvalue weighted by molar-refractivity contribution is 1.07. The fourth-order valence-corrected chi connectivity index (χ4v) is 10.2. The molecule has 1 aliphatic rings. The van der Waals surface area contributed by atoms with Crippen molar-refractivity contribution in [2.24, 2.45) is 0 Å². The van der Waals surface area contributed by atoms with E-state index in [9.17, 15) is 16.4 Å². The molecule has 0 saturated carbocycles. The molecule has 7 aromatic carbocycles. The van der Waals surface area contributed by atoms with Gasteiger partial charge in [0.05, 0.1) is 52.2 Å². The van der Waals surface area contributed by atoms with Crippen LogP contribution in [0.5, 0.6) is 0 Å². The van der Waals surface area contributed by atoms with Gasteiger partial charge in [0, 0.05) is 33.2 Å². The third-order valence-corrected chi connectivity index (χ3v) is 12.3. The molecule has 2 aromatic heterocycles. The molecule has 0 radical (unpaired) electrons. The highest BCUT2D eigenvalue weighted by Gasteiger charge is 2.47. The topological polar surface area (TPSA) is 43.6 Å². The lowest BCUT2D eigenvalue weighted by Crippen LogP contribution is -2.76. The van der Waals surface area contributed by atoms with E-state index in [2.05, 4.69) is 15.0 Å². The molecule has 9 aromatic rings. The summed E-state index contributed by atoms with van der Waals surface area (Å²) in [4.78, 5) is 12.9. The summed E-state index contributed by atoms with van der Waals surface area (Å²) in [6, 6.07) is -31.1. The van der Waals surface area contributed by atoms with Gasteiger partial charge < -0.3 is 4.57 Å². The lowest BCUT2D eigenvalue weighted by atomic mass is 10.1. The van der Waals surface area contributed by atoms with E-state index >= 15 is 0 Å². The second-order valence-electron chi connectivity index (χ2n) is 10.6. The van der Waals surface area contributed by atoms with E-state index in [0.717, 1.165) is 4.57 Å². The minimum absolute atomic E-state index is 0.599. The Kier molecular flexibility index (Phi) is 2.62. The van der Waals surface area contributed by atoms with Gasteiger partial charge in [-0.2, -0.15) is 0 Å². The zero-order chi connectivity index (χ0) is 59.2. The molecule has 0 unspecified atom stereocenters. The van der Waals surface area contributed by atoms with Gasteiger partial charge in [-0.05, 0) is 32.8 Å². The Bertz CT molecular complexity index is 4170. The van der Waals surface area contributed by atoms with Gasteiger partial charge in [0.25, 0.3) is 0 Å². The predicted octanol–water partition coefficient (Wildman–Crippen LogP) is 7.66. The number of benzene rings is 7. The molecule has 0 bridgehead atoms. The van der Waals surface area contributed by atoms with Crippen LogP contribution in [0.25, 0.3) is 61.7 Å². The molecule has 10 rings (SSSR count). The van der Waals surface area contributed by atoms with Gasteiger partial charge >= 0.3 is 0 Å². The number of hydrogen-bond donors (Lipinski definition) is 0. The first kappa shape index (κ1) is 11.6. The Labute approximate surface area is 333 Å². The van der Waals surface area contributed by atoms with Crippen molar-refractivity contribution < 1.29 is 41.1 Å². The zero-order valence-corrected chi connectivity index (χ0v) is 25.8. The number of aromatic nitrogens is 4. The van der Waals surface area contributed by atoms with Crippen LogP contribution in [0.2, 0.25) is 0 Å². The summed E-state index contributed by atoms with van der Waals surface area (Å²) in [6.07, 6.45) is 0. The SMILES string of the molecule is [2H]c1c([2H])c([2H])c(-c2nc(-c3c([2H])c([2H])c([2H])c([2H])c3[2H])nc(-c3c([2H])c([2H])c4c(c3[2H])-n3c5c([2H])c([2H])c([2H])c([2H])c5c5c([2H])c([2H])c([2H])c(c53)[Si]4(c3c([2H])c([2H])c([2H])c([2H])c3[2H])c3c([2H])c([2H])c([2H])c([2H])c3[2H])n2)c([2H])c1[2H]. The lowest BCUT2D eigenvalue weighted by Gasteiger charge is -2.40. The summed E-state index contributed by atoms with van der Waals surface area (Å²) in [6.45, 7) is 0. The van der Waals surface area contributed by atoms with Crippen LogP contribution in [0.1, 0.15) is 41.1 Å². The van der Waals surface area contributed by atoms with Crippen LogP contribution in [-0.4, -0.2) is 27.6 Å². The number of fused-ring (bicyclic) bond motifs is 5. The first-order valence-electron chi connectivity index (χ1n) is 29.5. The van der Waals surface area contributed by atoms with E-state index in [1.807, 2.05) is 0 Å². The predicted molar refractivity (Wildman–Crippen MR) is 208 cm³/mol. The highest BCUT2D eigenvalue weighted by Crippen LogP contribution is 2.36. The summed E-state index contributed by atoms with van der Waals surface area (Å²) in [5, 5.41) is -4.86. The Morgan fingerprint density at radius 2 is 0.920 bits per heavy atom. The van der Waals surface area contributed by atoms with Crippen LogP contribution in [0.4, 0.5) is 0 Å². The maximum Gasteiger partial charge on any atom is 0.184 e. The zero-order valence-electron chi connectivity index (χ0n) is 54.8. The standard InChI is InChI=1S/C45H30N4Si/c1-5-16-31(17-6-1)43-46-44(32-18-7-2-8-19-32)48-45(47-43)33-28-29-40-39(30-33)49-38-26-14-13-24-36(38)37-25-15-27-41(42(37)49)50(40,34-20-9-3-10-21-34)35-22-11-4-12-23-35/h1-30H/i1D,2D,3D,4D,5D,6D,7D,8D,9D,10D,11D,12D,13D,14D,15D,16D,17D,18D,19D,20D,21D,22D,23D,24D,25D,26D,27D,28D,29D,30D. The van der Waals surface area contributed by atoms with E-state index in [4.69, 9.17) is 24.7 Å².